The molecule has 0 amide bonds. The van der Waals surface area contributed by atoms with Crippen LogP contribution in [0.5, 0.6) is 11.5 Å². The molecule has 2 fully saturated rings. The zero-order valence-corrected chi connectivity index (χ0v) is 18.8. The van der Waals surface area contributed by atoms with Crippen molar-refractivity contribution in [2.45, 2.75) is 90.3 Å². The van der Waals surface area contributed by atoms with Gasteiger partial charge in [0.2, 0.25) is 0 Å². The third-order valence-corrected chi connectivity index (χ3v) is 6.56. The molecule has 1 aromatic carbocycles. The van der Waals surface area contributed by atoms with Crippen molar-refractivity contribution in [3.8, 4) is 11.5 Å². The van der Waals surface area contributed by atoms with Gasteiger partial charge in [-0.25, -0.2) is 0 Å². The maximum Gasteiger partial charge on any atom is 0.161 e. The Bertz CT molecular complexity index is 746. The Kier molecular flexibility index (Phi) is 5.37. The maximum absolute atomic E-state index is 10.8. The minimum Gasteiger partial charge on any atom is -0.493 e. The van der Waals surface area contributed by atoms with Gasteiger partial charge in [-0.15, -0.1) is 0 Å². The largest absolute Gasteiger partial charge is 0.493 e. The quantitative estimate of drug-likeness (QED) is 0.820. The Morgan fingerprint density at radius 2 is 1.86 bits per heavy atom. The summed E-state index contributed by atoms with van der Waals surface area (Å²) in [5.41, 5.74) is 2.72. The van der Waals surface area contributed by atoms with Crippen molar-refractivity contribution < 1.29 is 19.3 Å². The van der Waals surface area contributed by atoms with Crippen molar-refractivity contribution in [2.24, 2.45) is 5.41 Å². The fourth-order valence-electron chi connectivity index (χ4n) is 5.25. The van der Waals surface area contributed by atoms with Crippen molar-refractivity contribution in [2.75, 3.05) is 20.2 Å². The van der Waals surface area contributed by atoms with Crippen molar-refractivity contribution in [3.05, 3.63) is 23.3 Å². The van der Waals surface area contributed by atoms with E-state index < -0.39 is 6.10 Å². The Balaban J connectivity index is 1.53. The van der Waals surface area contributed by atoms with Crippen LogP contribution in [-0.2, 0) is 11.2 Å². The summed E-state index contributed by atoms with van der Waals surface area (Å²) in [4.78, 5) is 2.46. The van der Waals surface area contributed by atoms with Gasteiger partial charge in [-0.1, -0.05) is 13.8 Å². The summed E-state index contributed by atoms with van der Waals surface area (Å²) in [5.74, 6) is 1.67. The molecule has 1 aromatic rings. The zero-order chi connectivity index (χ0) is 21.0. The molecule has 3 atom stereocenters. The van der Waals surface area contributed by atoms with E-state index in [0.717, 1.165) is 43.9 Å². The lowest BCUT2D eigenvalue weighted by Gasteiger charge is -2.47. The van der Waals surface area contributed by atoms with Gasteiger partial charge in [0.1, 0.15) is 0 Å². The number of benzene rings is 1. The van der Waals surface area contributed by atoms with Crippen LogP contribution < -0.4 is 9.47 Å². The maximum atomic E-state index is 10.8. The van der Waals surface area contributed by atoms with E-state index in [1.807, 2.05) is 20.8 Å². The molecule has 0 radical (unpaired) electrons. The van der Waals surface area contributed by atoms with Crippen molar-refractivity contribution >= 4 is 0 Å². The fourth-order valence-corrected chi connectivity index (χ4v) is 5.25. The lowest BCUT2D eigenvalue weighted by molar-refractivity contribution is -0.149. The molecule has 162 valence electrons. The third kappa shape index (κ3) is 4.42. The predicted octanol–water partition coefficient (Wildman–Crippen LogP) is 4.11. The number of aliphatic hydroxyl groups excluding tert-OH is 1. The highest BCUT2D eigenvalue weighted by Gasteiger charge is 2.41. The molecule has 0 spiro atoms. The normalized spacial score (nSPS) is 29.6. The van der Waals surface area contributed by atoms with E-state index in [9.17, 15) is 5.11 Å². The number of fused-ring (bicyclic) bond motifs is 3. The topological polar surface area (TPSA) is 51.2 Å². The second kappa shape index (κ2) is 7.44. The molecule has 1 N–H and O–H groups in total. The minimum atomic E-state index is -0.458. The van der Waals surface area contributed by atoms with Crippen LogP contribution in [0.1, 0.15) is 71.0 Å². The molecule has 29 heavy (non-hydrogen) atoms. The van der Waals surface area contributed by atoms with Crippen LogP contribution in [0.15, 0.2) is 12.1 Å². The van der Waals surface area contributed by atoms with Gasteiger partial charge in [0.05, 0.1) is 31.0 Å². The molecule has 5 heteroatoms. The summed E-state index contributed by atoms with van der Waals surface area (Å²) in [6.45, 7) is 12.5. The minimum absolute atomic E-state index is 0.140. The molecule has 3 unspecified atom stereocenters. The van der Waals surface area contributed by atoms with Gasteiger partial charge < -0.3 is 19.3 Å². The van der Waals surface area contributed by atoms with Crippen LogP contribution in [0, 0.1) is 5.41 Å². The predicted molar refractivity (Wildman–Crippen MR) is 114 cm³/mol. The van der Waals surface area contributed by atoms with Gasteiger partial charge in [0, 0.05) is 19.1 Å². The van der Waals surface area contributed by atoms with Gasteiger partial charge in [0.25, 0.3) is 0 Å². The Morgan fingerprint density at radius 3 is 2.48 bits per heavy atom. The average molecular weight is 404 g/mol. The van der Waals surface area contributed by atoms with Crippen LogP contribution in [0.25, 0.3) is 0 Å². The Labute approximate surface area is 175 Å². The average Bonchev–Trinajstić information content (AvgIpc) is 2.59. The first kappa shape index (κ1) is 21.0. The molecule has 5 nitrogen and oxygen atoms in total. The highest BCUT2D eigenvalue weighted by molar-refractivity contribution is 5.50. The number of nitrogens with zero attached hydrogens (tertiary/aromatic N) is 1. The highest BCUT2D eigenvalue weighted by Crippen LogP contribution is 2.46. The first-order chi connectivity index (χ1) is 13.5. The van der Waals surface area contributed by atoms with E-state index in [2.05, 4.69) is 30.9 Å². The Morgan fingerprint density at radius 1 is 1.14 bits per heavy atom. The number of ether oxygens (including phenoxy) is 3. The highest BCUT2D eigenvalue weighted by atomic mass is 16.5. The van der Waals surface area contributed by atoms with Crippen LogP contribution in [0.4, 0.5) is 0 Å². The molecular weight excluding hydrogens is 366 g/mol. The summed E-state index contributed by atoms with van der Waals surface area (Å²) in [5, 5.41) is 10.8. The van der Waals surface area contributed by atoms with Gasteiger partial charge >= 0.3 is 0 Å². The molecule has 2 heterocycles. The van der Waals surface area contributed by atoms with E-state index in [0.29, 0.717) is 11.8 Å². The Hall–Kier alpha value is -1.30. The summed E-state index contributed by atoms with van der Waals surface area (Å²) in [6, 6.07) is 4.53. The first-order valence-corrected chi connectivity index (χ1v) is 11.0. The van der Waals surface area contributed by atoms with Gasteiger partial charge in [-0.2, -0.15) is 0 Å². The molecular formula is C24H37NO4. The molecule has 1 saturated heterocycles. The molecule has 2 aliphatic heterocycles. The number of hydrogen-bond acceptors (Lipinski definition) is 5. The molecule has 4 rings (SSSR count). The van der Waals surface area contributed by atoms with Gasteiger partial charge in [-0.05, 0) is 75.1 Å². The van der Waals surface area contributed by atoms with Crippen LogP contribution in [0.2, 0.25) is 0 Å². The molecule has 1 saturated carbocycles. The number of methoxy groups -OCH3 is 1. The number of rotatable bonds is 4. The van der Waals surface area contributed by atoms with Gasteiger partial charge in [0.15, 0.2) is 11.5 Å². The van der Waals surface area contributed by atoms with Crippen LogP contribution >= 0.6 is 0 Å². The van der Waals surface area contributed by atoms with Crippen LogP contribution in [0.3, 0.4) is 0 Å². The number of hydrogen-bond donors (Lipinski definition) is 1. The summed E-state index contributed by atoms with van der Waals surface area (Å²) < 4.78 is 18.1. The standard InChI is InChI=1S/C24H37NO4/c1-23(2,3)29-22-14-25-8-7-15-9-21(28-16-12-24(4,5)13-16)20(27-6)10-17(15)18(25)11-19(22)26/h9-10,16,18-19,22,26H,7-8,11-14H2,1-6H3. The smallest absolute Gasteiger partial charge is 0.161 e. The number of aliphatic hydroxyl groups is 1. The SMILES string of the molecule is COc1cc2c(cc1OC1CC(C)(C)C1)CCN1CC(OC(C)(C)C)C(O)CC21. The van der Waals surface area contributed by atoms with E-state index in [1.54, 1.807) is 7.11 Å². The fraction of sp³-hybridized carbons (Fsp3) is 0.750. The van der Waals surface area contributed by atoms with E-state index in [1.165, 1.54) is 11.1 Å². The summed E-state index contributed by atoms with van der Waals surface area (Å²) >= 11 is 0. The lowest BCUT2D eigenvalue weighted by atomic mass is 9.70. The van der Waals surface area contributed by atoms with Crippen molar-refractivity contribution in [1.82, 2.24) is 4.90 Å². The second-order valence-electron chi connectivity index (χ2n) is 10.8. The van der Waals surface area contributed by atoms with E-state index in [-0.39, 0.29) is 23.9 Å². The van der Waals surface area contributed by atoms with Crippen LogP contribution in [-0.4, -0.2) is 54.1 Å². The third-order valence-electron chi connectivity index (χ3n) is 6.56. The van der Waals surface area contributed by atoms with Gasteiger partial charge in [-0.3, -0.25) is 4.90 Å². The molecule has 0 bridgehead atoms. The monoisotopic (exact) mass is 403 g/mol. The number of piperidine rings is 1. The molecule has 0 aromatic heterocycles. The molecule has 1 aliphatic carbocycles. The second-order valence-corrected chi connectivity index (χ2v) is 10.8. The van der Waals surface area contributed by atoms with E-state index in [4.69, 9.17) is 14.2 Å². The molecule has 3 aliphatic rings. The summed E-state index contributed by atoms with van der Waals surface area (Å²) in [7, 11) is 1.71. The zero-order valence-electron chi connectivity index (χ0n) is 18.8. The first-order valence-electron chi connectivity index (χ1n) is 11.0. The summed E-state index contributed by atoms with van der Waals surface area (Å²) in [6.07, 6.45) is 3.54. The van der Waals surface area contributed by atoms with Crippen molar-refractivity contribution in [3.63, 3.8) is 0 Å². The lowest BCUT2D eigenvalue weighted by Crippen LogP contribution is -2.53. The van der Waals surface area contributed by atoms with Crippen molar-refractivity contribution in [1.29, 1.82) is 0 Å². The van der Waals surface area contributed by atoms with E-state index >= 15 is 0 Å².